The van der Waals surface area contributed by atoms with Gasteiger partial charge in [-0.05, 0) is 33.8 Å². The fourth-order valence-electron chi connectivity index (χ4n) is 3.17. The predicted molar refractivity (Wildman–Crippen MR) is 104 cm³/mol. The maximum atomic E-state index is 12.6. The van der Waals surface area contributed by atoms with Crippen LogP contribution in [0.15, 0.2) is 33.7 Å². The molecule has 29 heavy (non-hydrogen) atoms. The highest BCUT2D eigenvalue weighted by Crippen LogP contribution is 2.22. The Hall–Kier alpha value is -2.98. The van der Waals surface area contributed by atoms with Gasteiger partial charge in [0.25, 0.3) is 0 Å². The van der Waals surface area contributed by atoms with Crippen molar-refractivity contribution in [1.82, 2.24) is 14.9 Å². The van der Waals surface area contributed by atoms with Crippen LogP contribution in [0.4, 0.5) is 0 Å². The van der Waals surface area contributed by atoms with Gasteiger partial charge in [-0.3, -0.25) is 9.59 Å². The van der Waals surface area contributed by atoms with Crippen LogP contribution in [0.1, 0.15) is 34.4 Å². The first-order valence-corrected chi connectivity index (χ1v) is 10.3. The Morgan fingerprint density at radius 2 is 1.93 bits per heavy atom. The Morgan fingerprint density at radius 1 is 1.24 bits per heavy atom. The molecule has 0 saturated carbocycles. The molecular formula is C19H21N3O6S. The van der Waals surface area contributed by atoms with Crippen LogP contribution in [0.5, 0.6) is 0 Å². The average Bonchev–Trinajstić information content (AvgIpc) is 3.17. The number of sulfonamides is 1. The molecule has 0 amide bonds. The van der Waals surface area contributed by atoms with Crippen molar-refractivity contribution in [3.63, 3.8) is 0 Å². The third kappa shape index (κ3) is 4.08. The van der Waals surface area contributed by atoms with E-state index in [1.165, 1.54) is 20.8 Å². The molecule has 0 saturated heterocycles. The molecule has 0 aliphatic rings. The van der Waals surface area contributed by atoms with Crippen molar-refractivity contribution in [2.24, 2.45) is 0 Å². The zero-order chi connectivity index (χ0) is 21.3. The summed E-state index contributed by atoms with van der Waals surface area (Å²) in [5.74, 6) is -1.14. The van der Waals surface area contributed by atoms with Gasteiger partial charge in [-0.1, -0.05) is 23.4 Å². The lowest BCUT2D eigenvalue weighted by atomic mass is 10.1. The molecule has 9 nitrogen and oxygen atoms in total. The molecule has 0 spiro atoms. The first-order chi connectivity index (χ1) is 13.6. The van der Waals surface area contributed by atoms with Crippen LogP contribution < -0.4 is 4.72 Å². The maximum absolute atomic E-state index is 12.6. The number of benzene rings is 1. The van der Waals surface area contributed by atoms with Gasteiger partial charge in [0.1, 0.15) is 16.6 Å². The van der Waals surface area contributed by atoms with Gasteiger partial charge < -0.3 is 14.2 Å². The third-order valence-corrected chi connectivity index (χ3v) is 6.22. The number of rotatable bonds is 7. The van der Waals surface area contributed by atoms with E-state index in [-0.39, 0.29) is 22.1 Å². The lowest BCUT2D eigenvalue weighted by molar-refractivity contribution is -0.144. The minimum atomic E-state index is -4.04. The largest absolute Gasteiger partial charge is 0.456 e. The Kier molecular flexibility index (Phi) is 5.58. The fraction of sp³-hybridized carbons (Fsp3) is 0.316. The first kappa shape index (κ1) is 20.7. The number of para-hydroxylation sites is 1. The van der Waals surface area contributed by atoms with Crippen LogP contribution in [-0.4, -0.2) is 43.0 Å². The molecule has 2 N–H and O–H groups in total. The molecule has 2 heterocycles. The number of hydrogen-bond acceptors (Lipinski definition) is 7. The summed E-state index contributed by atoms with van der Waals surface area (Å²) in [5.41, 5.74) is 2.09. The van der Waals surface area contributed by atoms with Crippen LogP contribution in [-0.2, 0) is 19.6 Å². The number of nitrogens with zero attached hydrogens (tertiary/aromatic N) is 1. The molecule has 0 aliphatic heterocycles. The molecule has 3 rings (SSSR count). The molecule has 1 atom stereocenters. The van der Waals surface area contributed by atoms with Gasteiger partial charge in [0.05, 0.1) is 0 Å². The molecule has 154 valence electrons. The quantitative estimate of drug-likeness (QED) is 0.443. The van der Waals surface area contributed by atoms with Gasteiger partial charge >= 0.3 is 5.97 Å². The topological polar surface area (TPSA) is 131 Å². The van der Waals surface area contributed by atoms with E-state index in [0.29, 0.717) is 11.3 Å². The Morgan fingerprint density at radius 3 is 2.59 bits per heavy atom. The van der Waals surface area contributed by atoms with Crippen molar-refractivity contribution in [3.8, 4) is 0 Å². The van der Waals surface area contributed by atoms with Crippen molar-refractivity contribution < 1.29 is 27.3 Å². The standard InChI is InChI=1S/C19H21N3O6S/c1-10-17(14-7-5-6-8-15(14)20-10)16(23)9-27-19(24)12(3)22-29(25,26)18-11(2)21-28-13(18)4/h5-8,12,20,22H,9H2,1-4H3/t12-/m0/s1. The molecule has 0 aliphatic carbocycles. The van der Waals surface area contributed by atoms with Crippen molar-refractivity contribution >= 4 is 32.7 Å². The number of ether oxygens (including phenoxy) is 1. The molecule has 0 bridgehead atoms. The van der Waals surface area contributed by atoms with Crippen LogP contribution in [0, 0.1) is 20.8 Å². The van der Waals surface area contributed by atoms with Crippen molar-refractivity contribution in [2.45, 2.75) is 38.6 Å². The number of fused-ring (bicyclic) bond motifs is 1. The second kappa shape index (κ2) is 7.80. The molecule has 0 fully saturated rings. The number of carbonyl (C=O) groups is 2. The average molecular weight is 419 g/mol. The molecule has 1 aromatic carbocycles. The first-order valence-electron chi connectivity index (χ1n) is 8.84. The van der Waals surface area contributed by atoms with Gasteiger partial charge in [0.15, 0.2) is 12.4 Å². The number of aryl methyl sites for hydroxylation is 3. The summed E-state index contributed by atoms with van der Waals surface area (Å²) in [6.45, 7) is 5.53. The van der Waals surface area contributed by atoms with E-state index in [0.717, 1.165) is 10.9 Å². The summed E-state index contributed by atoms with van der Waals surface area (Å²) in [6, 6.07) is 6.10. The van der Waals surface area contributed by atoms with E-state index in [9.17, 15) is 18.0 Å². The zero-order valence-electron chi connectivity index (χ0n) is 16.4. The number of aromatic amines is 1. The molecule has 10 heteroatoms. The van der Waals surface area contributed by atoms with Crippen LogP contribution in [0.25, 0.3) is 10.9 Å². The van der Waals surface area contributed by atoms with Gasteiger partial charge in [0, 0.05) is 22.2 Å². The van der Waals surface area contributed by atoms with Crippen LogP contribution in [0.3, 0.4) is 0 Å². The van der Waals surface area contributed by atoms with Gasteiger partial charge in [-0.15, -0.1) is 0 Å². The van der Waals surface area contributed by atoms with E-state index in [4.69, 9.17) is 9.26 Å². The molecule has 0 radical (unpaired) electrons. The normalized spacial score (nSPS) is 12.8. The van der Waals surface area contributed by atoms with Crippen molar-refractivity contribution in [2.75, 3.05) is 6.61 Å². The number of esters is 1. The van der Waals surface area contributed by atoms with E-state index in [1.54, 1.807) is 13.0 Å². The van der Waals surface area contributed by atoms with Crippen LogP contribution >= 0.6 is 0 Å². The Labute approximate surface area is 167 Å². The van der Waals surface area contributed by atoms with E-state index in [1.807, 2.05) is 18.2 Å². The number of H-pyrrole nitrogens is 1. The van der Waals surface area contributed by atoms with E-state index >= 15 is 0 Å². The SMILES string of the molecule is Cc1noc(C)c1S(=O)(=O)N[C@@H](C)C(=O)OCC(=O)c1c(C)[nH]c2ccccc12. The van der Waals surface area contributed by atoms with Crippen molar-refractivity contribution in [3.05, 3.63) is 47.0 Å². The van der Waals surface area contributed by atoms with E-state index < -0.39 is 28.6 Å². The minimum absolute atomic E-state index is 0.112. The highest BCUT2D eigenvalue weighted by atomic mass is 32.2. The number of ketones is 1. The van der Waals surface area contributed by atoms with Gasteiger partial charge in [0.2, 0.25) is 15.8 Å². The van der Waals surface area contributed by atoms with Gasteiger partial charge in [-0.25, -0.2) is 8.42 Å². The van der Waals surface area contributed by atoms with Gasteiger partial charge in [-0.2, -0.15) is 4.72 Å². The highest BCUT2D eigenvalue weighted by Gasteiger charge is 2.29. The Balaban J connectivity index is 1.67. The number of Topliss-reactive ketones (excluding diaryl/α,β-unsaturated/α-hetero) is 1. The smallest absolute Gasteiger partial charge is 0.324 e. The lowest BCUT2D eigenvalue weighted by Crippen LogP contribution is -2.40. The molecule has 3 aromatic rings. The summed E-state index contributed by atoms with van der Waals surface area (Å²) < 4.78 is 37.1. The summed E-state index contributed by atoms with van der Waals surface area (Å²) in [7, 11) is -4.04. The Bertz CT molecular complexity index is 1170. The molecule has 0 unspecified atom stereocenters. The third-order valence-electron chi connectivity index (χ3n) is 4.44. The zero-order valence-corrected chi connectivity index (χ0v) is 17.2. The number of hydrogen-bond donors (Lipinski definition) is 2. The van der Waals surface area contributed by atoms with E-state index in [2.05, 4.69) is 14.9 Å². The predicted octanol–water partition coefficient (Wildman–Crippen LogP) is 2.17. The van der Waals surface area contributed by atoms with Crippen LogP contribution in [0.2, 0.25) is 0 Å². The monoisotopic (exact) mass is 419 g/mol. The maximum Gasteiger partial charge on any atom is 0.324 e. The fourth-order valence-corrected chi connectivity index (χ4v) is 4.69. The lowest BCUT2D eigenvalue weighted by Gasteiger charge is -2.13. The molecule has 2 aromatic heterocycles. The number of carbonyl (C=O) groups excluding carboxylic acids is 2. The second-order valence-corrected chi connectivity index (χ2v) is 8.35. The summed E-state index contributed by atoms with van der Waals surface area (Å²) in [4.78, 5) is 27.8. The summed E-state index contributed by atoms with van der Waals surface area (Å²) in [6.07, 6.45) is 0. The number of nitrogens with one attached hydrogen (secondary N) is 2. The molecular weight excluding hydrogens is 398 g/mol. The van der Waals surface area contributed by atoms with Crippen molar-refractivity contribution in [1.29, 1.82) is 0 Å². The minimum Gasteiger partial charge on any atom is -0.456 e. The summed E-state index contributed by atoms with van der Waals surface area (Å²) >= 11 is 0. The highest BCUT2D eigenvalue weighted by molar-refractivity contribution is 7.89. The summed E-state index contributed by atoms with van der Waals surface area (Å²) in [5, 5.41) is 4.33. The number of aromatic nitrogens is 2. The second-order valence-electron chi connectivity index (χ2n) is 6.70.